The van der Waals surface area contributed by atoms with E-state index in [4.69, 9.17) is 4.74 Å². The Morgan fingerprint density at radius 3 is 2.63 bits per heavy atom. The lowest BCUT2D eigenvalue weighted by atomic mass is 10.1. The van der Waals surface area contributed by atoms with E-state index in [1.807, 2.05) is 29.2 Å². The molecule has 0 spiro atoms. The van der Waals surface area contributed by atoms with Gasteiger partial charge in [-0.05, 0) is 61.9 Å². The maximum atomic E-state index is 13.1. The van der Waals surface area contributed by atoms with Crippen molar-refractivity contribution >= 4 is 17.1 Å². The van der Waals surface area contributed by atoms with Crippen molar-refractivity contribution in [2.75, 3.05) is 31.6 Å². The summed E-state index contributed by atoms with van der Waals surface area (Å²) in [5, 5.41) is 8.66. The van der Waals surface area contributed by atoms with Gasteiger partial charge in [0.05, 0.1) is 12.8 Å². The predicted molar refractivity (Wildman–Crippen MR) is 134 cm³/mol. The number of hydrogen-bond donors (Lipinski definition) is 0. The highest BCUT2D eigenvalue weighted by Crippen LogP contribution is 2.23. The van der Waals surface area contributed by atoms with E-state index in [1.165, 1.54) is 26.8 Å². The maximum absolute atomic E-state index is 13.1. The van der Waals surface area contributed by atoms with Crippen LogP contribution in [0.4, 0.5) is 5.69 Å². The molecule has 0 aliphatic carbocycles. The first kappa shape index (κ1) is 22.6. The van der Waals surface area contributed by atoms with Gasteiger partial charge >= 0.3 is 0 Å². The van der Waals surface area contributed by atoms with Crippen LogP contribution >= 0.6 is 0 Å². The number of methoxy groups -OCH3 is 1. The summed E-state index contributed by atoms with van der Waals surface area (Å²) in [5.41, 5.74) is 3.91. The Morgan fingerprint density at radius 1 is 1.11 bits per heavy atom. The molecular weight excluding hydrogens is 444 g/mol. The van der Waals surface area contributed by atoms with Gasteiger partial charge in [0.25, 0.3) is 5.56 Å². The molecule has 0 unspecified atom stereocenters. The summed E-state index contributed by atoms with van der Waals surface area (Å²) in [4.78, 5) is 30.3. The Kier molecular flexibility index (Phi) is 5.98. The standard InChI is InChI=1S/C26H28N6O3/c1-18-5-4-6-21(13-18)30-12-11-29(15-19(30)2)25(33)16-31-26(34)24-14-23(28-32(24)17-27-31)20-7-9-22(35-3)10-8-20/h4-10,13-14,17,19H,11-12,15-16H2,1-3H3/t19-/m1/s1. The van der Waals surface area contributed by atoms with Crippen molar-refractivity contribution in [2.24, 2.45) is 0 Å². The molecular formula is C26H28N6O3. The van der Waals surface area contributed by atoms with Gasteiger partial charge in [-0.15, -0.1) is 0 Å². The van der Waals surface area contributed by atoms with Gasteiger partial charge in [0.1, 0.15) is 24.1 Å². The zero-order chi connectivity index (χ0) is 24.5. The van der Waals surface area contributed by atoms with Crippen molar-refractivity contribution in [2.45, 2.75) is 26.4 Å². The number of ether oxygens (including phenoxy) is 1. The van der Waals surface area contributed by atoms with E-state index in [9.17, 15) is 9.59 Å². The van der Waals surface area contributed by atoms with E-state index >= 15 is 0 Å². The van der Waals surface area contributed by atoms with E-state index in [0.717, 1.165) is 17.9 Å². The number of carbonyl (C=O) groups excluding carboxylic acids is 1. The summed E-state index contributed by atoms with van der Waals surface area (Å²) in [7, 11) is 1.61. The van der Waals surface area contributed by atoms with Crippen LogP contribution in [0, 0.1) is 6.92 Å². The van der Waals surface area contributed by atoms with Crippen molar-refractivity contribution in [3.63, 3.8) is 0 Å². The number of amides is 1. The predicted octanol–water partition coefficient (Wildman–Crippen LogP) is 2.61. The minimum absolute atomic E-state index is 0.102. The Labute approximate surface area is 203 Å². The summed E-state index contributed by atoms with van der Waals surface area (Å²) in [6.45, 7) is 6.03. The number of benzene rings is 2. The number of rotatable bonds is 5. The van der Waals surface area contributed by atoms with E-state index in [0.29, 0.717) is 24.3 Å². The third-order valence-electron chi connectivity index (χ3n) is 6.47. The highest BCUT2D eigenvalue weighted by molar-refractivity contribution is 5.76. The molecule has 1 fully saturated rings. The molecule has 3 heterocycles. The fourth-order valence-electron chi connectivity index (χ4n) is 4.56. The number of carbonyl (C=O) groups is 1. The van der Waals surface area contributed by atoms with Crippen LogP contribution in [0.1, 0.15) is 12.5 Å². The molecule has 180 valence electrons. The van der Waals surface area contributed by atoms with Gasteiger partial charge in [-0.1, -0.05) is 12.1 Å². The van der Waals surface area contributed by atoms with Crippen LogP contribution in [0.25, 0.3) is 16.8 Å². The van der Waals surface area contributed by atoms with Crippen molar-refractivity contribution in [1.29, 1.82) is 0 Å². The van der Waals surface area contributed by atoms with Gasteiger partial charge in [-0.25, -0.2) is 9.20 Å². The molecule has 1 amide bonds. The van der Waals surface area contributed by atoms with Crippen LogP contribution < -0.4 is 15.2 Å². The van der Waals surface area contributed by atoms with Crippen LogP contribution in [0.3, 0.4) is 0 Å². The maximum Gasteiger partial charge on any atom is 0.293 e. The molecule has 0 N–H and O–H groups in total. The minimum Gasteiger partial charge on any atom is -0.497 e. The van der Waals surface area contributed by atoms with Crippen LogP contribution in [-0.2, 0) is 11.3 Å². The average molecular weight is 473 g/mol. The largest absolute Gasteiger partial charge is 0.497 e. The zero-order valence-corrected chi connectivity index (χ0v) is 20.1. The van der Waals surface area contributed by atoms with Crippen molar-refractivity contribution in [3.8, 4) is 17.0 Å². The average Bonchev–Trinajstić information content (AvgIpc) is 3.31. The van der Waals surface area contributed by atoms with Crippen LogP contribution in [0.5, 0.6) is 5.75 Å². The van der Waals surface area contributed by atoms with E-state index < -0.39 is 0 Å². The second-order valence-corrected chi connectivity index (χ2v) is 8.90. The SMILES string of the molecule is COc1ccc(-c2cc3c(=O)n(CC(=O)N4CCN(c5cccc(C)c5)[C@H](C)C4)ncn3n2)cc1. The summed E-state index contributed by atoms with van der Waals surface area (Å²) >= 11 is 0. The number of aryl methyl sites for hydroxylation is 1. The first-order valence-electron chi connectivity index (χ1n) is 11.6. The van der Waals surface area contributed by atoms with Gasteiger partial charge in [0.15, 0.2) is 0 Å². The molecule has 1 aliphatic rings. The van der Waals surface area contributed by atoms with Crippen LogP contribution in [0.2, 0.25) is 0 Å². The molecule has 0 saturated carbocycles. The quantitative estimate of drug-likeness (QED) is 0.444. The summed E-state index contributed by atoms with van der Waals surface area (Å²) in [6.07, 6.45) is 1.47. The second-order valence-electron chi connectivity index (χ2n) is 8.90. The van der Waals surface area contributed by atoms with Crippen molar-refractivity contribution in [1.82, 2.24) is 24.3 Å². The monoisotopic (exact) mass is 472 g/mol. The molecule has 1 aliphatic heterocycles. The van der Waals surface area contributed by atoms with Crippen molar-refractivity contribution in [3.05, 3.63) is 76.8 Å². The highest BCUT2D eigenvalue weighted by atomic mass is 16.5. The molecule has 2 aromatic heterocycles. The van der Waals surface area contributed by atoms with Crippen molar-refractivity contribution < 1.29 is 9.53 Å². The summed E-state index contributed by atoms with van der Waals surface area (Å²) in [5.74, 6) is 0.628. The van der Waals surface area contributed by atoms with E-state index in [1.54, 1.807) is 13.2 Å². The molecule has 2 aromatic carbocycles. The Hall–Kier alpha value is -4.14. The lowest BCUT2D eigenvalue weighted by molar-refractivity contribution is -0.132. The minimum atomic E-state index is -0.348. The van der Waals surface area contributed by atoms with Gasteiger partial charge < -0.3 is 14.5 Å². The first-order chi connectivity index (χ1) is 16.9. The highest BCUT2D eigenvalue weighted by Gasteiger charge is 2.27. The Bertz CT molecular complexity index is 1430. The normalized spacial score (nSPS) is 16.0. The molecule has 4 aromatic rings. The topological polar surface area (TPSA) is 85.0 Å². The van der Waals surface area contributed by atoms with Crippen LogP contribution in [-0.4, -0.2) is 63.0 Å². The fraction of sp³-hybridized carbons (Fsp3) is 0.308. The molecule has 9 heteroatoms. The molecule has 35 heavy (non-hydrogen) atoms. The number of nitrogens with zero attached hydrogens (tertiary/aromatic N) is 6. The second kappa shape index (κ2) is 9.25. The number of anilines is 1. The summed E-state index contributed by atoms with van der Waals surface area (Å²) < 4.78 is 7.86. The molecule has 0 bridgehead atoms. The number of aromatic nitrogens is 4. The van der Waals surface area contributed by atoms with E-state index in [2.05, 4.69) is 53.2 Å². The number of hydrogen-bond acceptors (Lipinski definition) is 6. The molecule has 5 rings (SSSR count). The van der Waals surface area contributed by atoms with Gasteiger partial charge in [-0.2, -0.15) is 10.2 Å². The fourth-order valence-corrected chi connectivity index (χ4v) is 4.56. The lowest BCUT2D eigenvalue weighted by Gasteiger charge is -2.41. The molecule has 1 atom stereocenters. The van der Waals surface area contributed by atoms with Gasteiger partial charge in [0, 0.05) is 36.9 Å². The molecule has 1 saturated heterocycles. The van der Waals surface area contributed by atoms with Crippen LogP contribution in [0.15, 0.2) is 65.7 Å². The first-order valence-corrected chi connectivity index (χ1v) is 11.6. The Balaban J connectivity index is 1.30. The zero-order valence-electron chi connectivity index (χ0n) is 20.1. The summed E-state index contributed by atoms with van der Waals surface area (Å²) in [6, 6.07) is 17.7. The third-order valence-corrected chi connectivity index (χ3v) is 6.47. The van der Waals surface area contributed by atoms with E-state index in [-0.39, 0.29) is 24.1 Å². The number of piperazine rings is 1. The number of fused-ring (bicyclic) bond motifs is 1. The Morgan fingerprint density at radius 2 is 1.91 bits per heavy atom. The smallest absolute Gasteiger partial charge is 0.293 e. The third kappa shape index (κ3) is 4.49. The van der Waals surface area contributed by atoms with Gasteiger partial charge in [-0.3, -0.25) is 9.59 Å². The van der Waals surface area contributed by atoms with Gasteiger partial charge in [0.2, 0.25) is 5.91 Å². The molecule has 0 radical (unpaired) electrons. The lowest BCUT2D eigenvalue weighted by Crippen LogP contribution is -2.54. The molecule has 9 nitrogen and oxygen atoms in total.